The van der Waals surface area contributed by atoms with Crippen molar-refractivity contribution in [2.45, 2.75) is 25.5 Å². The Morgan fingerprint density at radius 1 is 1.33 bits per heavy atom. The Bertz CT molecular complexity index is 740. The van der Waals surface area contributed by atoms with Crippen LogP contribution in [0.4, 0.5) is 4.39 Å². The molecule has 1 aromatic heterocycles. The highest BCUT2D eigenvalue weighted by Gasteiger charge is 2.18. The second-order valence-corrected chi connectivity index (χ2v) is 5.77. The molecule has 128 valence electrons. The van der Waals surface area contributed by atoms with Crippen LogP contribution < -0.4 is 11.1 Å². The highest BCUT2D eigenvalue weighted by Crippen LogP contribution is 2.19. The first-order chi connectivity index (χ1) is 11.3. The van der Waals surface area contributed by atoms with Crippen LogP contribution in [-0.2, 0) is 7.05 Å². The molecule has 0 fully saturated rings. The van der Waals surface area contributed by atoms with E-state index < -0.39 is 12.0 Å². The number of hydrogen-bond donors (Lipinski definition) is 3. The first kappa shape index (κ1) is 17.7. The third-order valence-electron chi connectivity index (χ3n) is 3.73. The molecule has 2 aromatic rings. The maximum Gasteiger partial charge on any atom is 0.268 e. The zero-order chi connectivity index (χ0) is 17.9. The molecular formula is C17H20FN3O3. The number of nitrogens with one attached hydrogen (secondary N) is 1. The summed E-state index contributed by atoms with van der Waals surface area (Å²) in [5.41, 5.74) is 6.32. The van der Waals surface area contributed by atoms with Crippen molar-refractivity contribution in [2.75, 3.05) is 0 Å². The van der Waals surface area contributed by atoms with E-state index in [1.54, 1.807) is 14.0 Å². The van der Waals surface area contributed by atoms with Gasteiger partial charge in [0.25, 0.3) is 5.91 Å². The standard InChI is InChI=1S/C17H20FN3O3/c1-10(7-15(22)11-3-5-13(18)6-4-11)20-17(24)14-8-12(16(19)23)9-21(14)2/h3-6,8-10,15,22H,7H2,1-2H3,(H2,19,23)(H,20,24). The van der Waals surface area contributed by atoms with E-state index in [1.165, 1.54) is 41.1 Å². The van der Waals surface area contributed by atoms with Gasteiger partial charge in [-0.2, -0.15) is 0 Å². The van der Waals surface area contributed by atoms with Crippen molar-refractivity contribution < 1.29 is 19.1 Å². The summed E-state index contributed by atoms with van der Waals surface area (Å²) in [4.78, 5) is 23.4. The maximum absolute atomic E-state index is 12.9. The number of rotatable bonds is 6. The molecule has 2 amide bonds. The lowest BCUT2D eigenvalue weighted by Gasteiger charge is -2.18. The van der Waals surface area contributed by atoms with E-state index in [2.05, 4.69) is 5.32 Å². The Hall–Kier alpha value is -2.67. The predicted octanol–water partition coefficient (Wildman–Crippen LogP) is 1.51. The van der Waals surface area contributed by atoms with E-state index in [-0.39, 0.29) is 29.8 Å². The minimum atomic E-state index is -0.824. The number of nitrogens with zero attached hydrogens (tertiary/aromatic N) is 1. The molecule has 6 nitrogen and oxygen atoms in total. The van der Waals surface area contributed by atoms with Crippen molar-refractivity contribution in [1.29, 1.82) is 0 Å². The molecule has 1 heterocycles. The van der Waals surface area contributed by atoms with Crippen LogP contribution in [0.15, 0.2) is 36.5 Å². The minimum absolute atomic E-state index is 0.252. The summed E-state index contributed by atoms with van der Waals surface area (Å²) in [6, 6.07) is 6.65. The predicted molar refractivity (Wildman–Crippen MR) is 86.8 cm³/mol. The first-order valence-corrected chi connectivity index (χ1v) is 7.48. The summed E-state index contributed by atoms with van der Waals surface area (Å²) in [5, 5.41) is 12.9. The zero-order valence-electron chi connectivity index (χ0n) is 13.5. The van der Waals surface area contributed by atoms with Gasteiger partial charge in [0.1, 0.15) is 11.5 Å². The molecule has 4 N–H and O–H groups in total. The van der Waals surface area contributed by atoms with Gasteiger partial charge in [0.2, 0.25) is 5.91 Å². The van der Waals surface area contributed by atoms with Gasteiger partial charge in [0.05, 0.1) is 11.7 Å². The van der Waals surface area contributed by atoms with Gasteiger partial charge < -0.3 is 20.7 Å². The second kappa shape index (κ2) is 7.27. The molecule has 0 aliphatic carbocycles. The Labute approximate surface area is 139 Å². The number of benzene rings is 1. The van der Waals surface area contributed by atoms with Crippen molar-refractivity contribution >= 4 is 11.8 Å². The normalized spacial score (nSPS) is 13.3. The van der Waals surface area contributed by atoms with Gasteiger partial charge in [-0.15, -0.1) is 0 Å². The number of halogens is 1. The molecule has 7 heteroatoms. The quantitative estimate of drug-likeness (QED) is 0.747. The SMILES string of the molecule is CC(CC(O)c1ccc(F)cc1)NC(=O)c1cc(C(N)=O)cn1C. The lowest BCUT2D eigenvalue weighted by atomic mass is 10.0. The highest BCUT2D eigenvalue weighted by molar-refractivity contribution is 5.98. The summed E-state index contributed by atoms with van der Waals surface area (Å²) >= 11 is 0. The molecule has 0 radical (unpaired) electrons. The fourth-order valence-corrected chi connectivity index (χ4v) is 2.44. The number of hydrogen-bond acceptors (Lipinski definition) is 3. The van der Waals surface area contributed by atoms with Crippen molar-refractivity contribution in [2.24, 2.45) is 12.8 Å². The lowest BCUT2D eigenvalue weighted by molar-refractivity contribution is 0.0908. The van der Waals surface area contributed by atoms with E-state index >= 15 is 0 Å². The molecular weight excluding hydrogens is 313 g/mol. The topological polar surface area (TPSA) is 97.3 Å². The van der Waals surface area contributed by atoms with Crippen molar-refractivity contribution in [3.8, 4) is 0 Å². The van der Waals surface area contributed by atoms with Crippen LogP contribution in [0.5, 0.6) is 0 Å². The number of aliphatic hydroxyl groups excluding tert-OH is 1. The lowest BCUT2D eigenvalue weighted by Crippen LogP contribution is -2.34. The summed E-state index contributed by atoms with van der Waals surface area (Å²) in [5.74, 6) is -1.35. The van der Waals surface area contributed by atoms with Gasteiger partial charge in [0, 0.05) is 19.3 Å². The van der Waals surface area contributed by atoms with Crippen LogP contribution in [0.3, 0.4) is 0 Å². The molecule has 0 saturated heterocycles. The van der Waals surface area contributed by atoms with Crippen LogP contribution >= 0.6 is 0 Å². The van der Waals surface area contributed by atoms with Gasteiger partial charge in [-0.1, -0.05) is 12.1 Å². The highest BCUT2D eigenvalue weighted by atomic mass is 19.1. The van der Waals surface area contributed by atoms with Gasteiger partial charge in [0.15, 0.2) is 0 Å². The summed E-state index contributed by atoms with van der Waals surface area (Å²) < 4.78 is 14.4. The van der Waals surface area contributed by atoms with Crippen LogP contribution in [-0.4, -0.2) is 27.5 Å². The fraction of sp³-hybridized carbons (Fsp3) is 0.294. The van der Waals surface area contributed by atoms with Gasteiger partial charge in [-0.25, -0.2) is 4.39 Å². The average Bonchev–Trinajstić information content (AvgIpc) is 2.90. The van der Waals surface area contributed by atoms with Gasteiger partial charge in [-0.05, 0) is 37.1 Å². The largest absolute Gasteiger partial charge is 0.388 e. The number of aryl methyl sites for hydroxylation is 1. The summed E-state index contributed by atoms with van der Waals surface area (Å²) in [7, 11) is 1.64. The van der Waals surface area contributed by atoms with E-state index in [4.69, 9.17) is 5.73 Å². The molecule has 2 unspecified atom stereocenters. The third-order valence-corrected chi connectivity index (χ3v) is 3.73. The first-order valence-electron chi connectivity index (χ1n) is 7.48. The molecule has 0 aliphatic rings. The van der Waals surface area contributed by atoms with Crippen molar-refractivity contribution in [3.05, 3.63) is 59.2 Å². The van der Waals surface area contributed by atoms with Crippen molar-refractivity contribution in [3.63, 3.8) is 0 Å². The van der Waals surface area contributed by atoms with E-state index in [1.807, 2.05) is 0 Å². The van der Waals surface area contributed by atoms with Crippen molar-refractivity contribution in [1.82, 2.24) is 9.88 Å². The molecule has 0 spiro atoms. The Morgan fingerprint density at radius 2 is 1.96 bits per heavy atom. The molecule has 2 rings (SSSR count). The Kier molecular flexibility index (Phi) is 5.35. The summed E-state index contributed by atoms with van der Waals surface area (Å²) in [6.07, 6.45) is 0.926. The van der Waals surface area contributed by atoms with E-state index in [0.717, 1.165) is 0 Å². The fourth-order valence-electron chi connectivity index (χ4n) is 2.44. The number of aromatic nitrogens is 1. The number of nitrogens with two attached hydrogens (primary N) is 1. The van der Waals surface area contributed by atoms with Crippen LogP contribution in [0, 0.1) is 5.82 Å². The van der Waals surface area contributed by atoms with Crippen LogP contribution in [0.2, 0.25) is 0 Å². The molecule has 1 aromatic carbocycles. The second-order valence-electron chi connectivity index (χ2n) is 5.77. The molecule has 0 bridgehead atoms. The number of carbonyl (C=O) groups is 2. The maximum atomic E-state index is 12.9. The zero-order valence-corrected chi connectivity index (χ0v) is 13.5. The smallest absolute Gasteiger partial charge is 0.268 e. The molecule has 0 aliphatic heterocycles. The number of primary amides is 1. The van der Waals surface area contributed by atoms with Gasteiger partial charge >= 0.3 is 0 Å². The van der Waals surface area contributed by atoms with E-state index in [9.17, 15) is 19.1 Å². The van der Waals surface area contributed by atoms with Crippen LogP contribution in [0.25, 0.3) is 0 Å². The van der Waals surface area contributed by atoms with Crippen LogP contribution in [0.1, 0.15) is 45.9 Å². The number of aliphatic hydroxyl groups is 1. The number of carbonyl (C=O) groups excluding carboxylic acids is 2. The van der Waals surface area contributed by atoms with Gasteiger partial charge in [-0.3, -0.25) is 9.59 Å². The minimum Gasteiger partial charge on any atom is -0.388 e. The summed E-state index contributed by atoms with van der Waals surface area (Å²) in [6.45, 7) is 1.75. The molecule has 24 heavy (non-hydrogen) atoms. The third kappa shape index (κ3) is 4.20. The molecule has 2 atom stereocenters. The molecule has 0 saturated carbocycles. The van der Waals surface area contributed by atoms with E-state index in [0.29, 0.717) is 11.3 Å². The monoisotopic (exact) mass is 333 g/mol. The Balaban J connectivity index is 1.98. The number of amides is 2. The Morgan fingerprint density at radius 3 is 2.50 bits per heavy atom. The average molecular weight is 333 g/mol.